The Labute approximate surface area is 144 Å². The summed E-state index contributed by atoms with van der Waals surface area (Å²) in [5.74, 6) is 0.762. The smallest absolute Gasteiger partial charge is 0.416 e. The summed E-state index contributed by atoms with van der Waals surface area (Å²) in [6.45, 7) is 2.21. The second-order valence-electron chi connectivity index (χ2n) is 5.54. The minimum Gasteiger partial charge on any atom is -0.496 e. The number of nitrogens with one attached hydrogen (secondary N) is 2. The third kappa shape index (κ3) is 5.41. The second kappa shape index (κ2) is 7.92. The lowest BCUT2D eigenvalue weighted by atomic mass is 10.1. The standard InChI is InChI=1S/C18H19F3N2O2/c1-12-8-14(6-7-16(12)25-2)11-23-17(24)22-10-13-4-3-5-15(9-13)18(19,20)21/h3-9H,10-11H2,1-2H3,(H2,22,23,24). The van der Waals surface area contributed by atoms with Gasteiger partial charge < -0.3 is 15.4 Å². The van der Waals surface area contributed by atoms with Crippen molar-refractivity contribution in [3.8, 4) is 5.75 Å². The minimum atomic E-state index is -4.40. The first-order chi connectivity index (χ1) is 11.8. The zero-order valence-corrected chi connectivity index (χ0v) is 13.9. The predicted octanol–water partition coefficient (Wildman–Crippen LogP) is 4.02. The number of hydrogen-bond acceptors (Lipinski definition) is 2. The van der Waals surface area contributed by atoms with Crippen molar-refractivity contribution in [1.82, 2.24) is 10.6 Å². The maximum absolute atomic E-state index is 12.7. The lowest BCUT2D eigenvalue weighted by molar-refractivity contribution is -0.137. The van der Waals surface area contributed by atoms with Gasteiger partial charge in [-0.15, -0.1) is 0 Å². The Hall–Kier alpha value is -2.70. The van der Waals surface area contributed by atoms with Gasteiger partial charge in [0.1, 0.15) is 5.75 Å². The van der Waals surface area contributed by atoms with E-state index in [2.05, 4.69) is 10.6 Å². The van der Waals surface area contributed by atoms with Crippen LogP contribution in [-0.4, -0.2) is 13.1 Å². The lowest BCUT2D eigenvalue weighted by Gasteiger charge is -2.11. The normalized spacial score (nSPS) is 11.1. The van der Waals surface area contributed by atoms with Gasteiger partial charge in [0.2, 0.25) is 0 Å². The molecule has 0 saturated carbocycles. The summed E-state index contributed by atoms with van der Waals surface area (Å²) < 4.78 is 43.1. The maximum atomic E-state index is 12.7. The van der Waals surface area contributed by atoms with Crippen LogP contribution in [0.1, 0.15) is 22.3 Å². The summed E-state index contributed by atoms with van der Waals surface area (Å²) in [4.78, 5) is 11.8. The summed E-state index contributed by atoms with van der Waals surface area (Å²) >= 11 is 0. The molecule has 0 radical (unpaired) electrons. The van der Waals surface area contributed by atoms with Crippen molar-refractivity contribution in [2.75, 3.05) is 7.11 Å². The van der Waals surface area contributed by atoms with Gasteiger partial charge >= 0.3 is 12.2 Å². The van der Waals surface area contributed by atoms with Gasteiger partial charge in [-0.1, -0.05) is 24.3 Å². The SMILES string of the molecule is COc1ccc(CNC(=O)NCc2cccc(C(F)(F)F)c2)cc1C. The quantitative estimate of drug-likeness (QED) is 0.854. The number of urea groups is 1. The van der Waals surface area contributed by atoms with Crippen molar-refractivity contribution in [3.63, 3.8) is 0 Å². The Bertz CT molecular complexity index is 745. The maximum Gasteiger partial charge on any atom is 0.416 e. The van der Waals surface area contributed by atoms with E-state index in [0.29, 0.717) is 12.1 Å². The van der Waals surface area contributed by atoms with Crippen LogP contribution in [0.15, 0.2) is 42.5 Å². The summed E-state index contributed by atoms with van der Waals surface area (Å²) in [7, 11) is 1.58. The average molecular weight is 352 g/mol. The number of carbonyl (C=O) groups excluding carboxylic acids is 1. The first kappa shape index (κ1) is 18.6. The number of rotatable bonds is 5. The van der Waals surface area contributed by atoms with Crippen molar-refractivity contribution in [2.45, 2.75) is 26.2 Å². The largest absolute Gasteiger partial charge is 0.496 e. The second-order valence-corrected chi connectivity index (χ2v) is 5.54. The molecule has 2 N–H and O–H groups in total. The van der Waals surface area contributed by atoms with E-state index in [1.165, 1.54) is 12.1 Å². The van der Waals surface area contributed by atoms with Crippen LogP contribution in [0.3, 0.4) is 0 Å². The number of hydrogen-bond donors (Lipinski definition) is 2. The minimum absolute atomic E-state index is 0.0113. The molecule has 0 aromatic heterocycles. The predicted molar refractivity (Wildman–Crippen MR) is 88.3 cm³/mol. The zero-order chi connectivity index (χ0) is 18.4. The summed E-state index contributed by atoms with van der Waals surface area (Å²) in [6, 6.07) is 9.95. The van der Waals surface area contributed by atoms with E-state index in [0.717, 1.165) is 29.0 Å². The van der Waals surface area contributed by atoms with Crippen LogP contribution in [-0.2, 0) is 19.3 Å². The molecule has 0 aliphatic carbocycles. The Morgan fingerprint density at radius 3 is 2.24 bits per heavy atom. The molecule has 25 heavy (non-hydrogen) atoms. The average Bonchev–Trinajstić information content (AvgIpc) is 2.58. The summed E-state index contributed by atoms with van der Waals surface area (Å²) in [6.07, 6.45) is -4.40. The number of halogens is 3. The molecule has 2 aromatic rings. The fourth-order valence-corrected chi connectivity index (χ4v) is 2.34. The van der Waals surface area contributed by atoms with Crippen LogP contribution in [0, 0.1) is 6.92 Å². The van der Waals surface area contributed by atoms with Crippen LogP contribution >= 0.6 is 0 Å². The first-order valence-electron chi connectivity index (χ1n) is 7.61. The van der Waals surface area contributed by atoms with Gasteiger partial charge in [-0.25, -0.2) is 4.79 Å². The van der Waals surface area contributed by atoms with Gasteiger partial charge in [0, 0.05) is 13.1 Å². The zero-order valence-electron chi connectivity index (χ0n) is 13.9. The fraction of sp³-hybridized carbons (Fsp3) is 0.278. The number of benzene rings is 2. The van der Waals surface area contributed by atoms with Crippen molar-refractivity contribution >= 4 is 6.03 Å². The Morgan fingerprint density at radius 2 is 1.68 bits per heavy atom. The summed E-state index contributed by atoms with van der Waals surface area (Å²) in [5, 5.41) is 5.21. The molecule has 134 valence electrons. The van der Waals surface area contributed by atoms with E-state index in [4.69, 9.17) is 4.74 Å². The van der Waals surface area contributed by atoms with Crippen molar-refractivity contribution in [2.24, 2.45) is 0 Å². The number of methoxy groups -OCH3 is 1. The molecule has 0 aliphatic heterocycles. The lowest BCUT2D eigenvalue weighted by Crippen LogP contribution is -2.34. The fourth-order valence-electron chi connectivity index (χ4n) is 2.34. The van der Waals surface area contributed by atoms with E-state index in [1.54, 1.807) is 7.11 Å². The van der Waals surface area contributed by atoms with Gasteiger partial charge in [-0.2, -0.15) is 13.2 Å². The molecule has 0 atom stereocenters. The number of amides is 2. The van der Waals surface area contributed by atoms with Crippen molar-refractivity contribution in [1.29, 1.82) is 0 Å². The van der Waals surface area contributed by atoms with E-state index in [9.17, 15) is 18.0 Å². The number of carbonyl (C=O) groups is 1. The van der Waals surface area contributed by atoms with Crippen LogP contribution < -0.4 is 15.4 Å². The van der Waals surface area contributed by atoms with E-state index in [1.807, 2.05) is 25.1 Å². The molecule has 2 amide bonds. The Balaban J connectivity index is 1.86. The van der Waals surface area contributed by atoms with Crippen LogP contribution in [0.5, 0.6) is 5.75 Å². The van der Waals surface area contributed by atoms with Crippen LogP contribution in [0.4, 0.5) is 18.0 Å². The van der Waals surface area contributed by atoms with Crippen LogP contribution in [0.25, 0.3) is 0 Å². The highest BCUT2D eigenvalue weighted by molar-refractivity contribution is 5.73. The molecule has 0 unspecified atom stereocenters. The Morgan fingerprint density at radius 1 is 1.04 bits per heavy atom. The highest BCUT2D eigenvalue weighted by atomic mass is 19.4. The van der Waals surface area contributed by atoms with Crippen molar-refractivity contribution in [3.05, 3.63) is 64.7 Å². The molecule has 0 spiro atoms. The van der Waals surface area contributed by atoms with Gasteiger partial charge in [0.05, 0.1) is 12.7 Å². The monoisotopic (exact) mass is 352 g/mol. The molecule has 0 heterocycles. The summed E-state index contributed by atoms with van der Waals surface area (Å²) in [5.41, 5.74) is 1.49. The van der Waals surface area contributed by atoms with Gasteiger partial charge in [0.25, 0.3) is 0 Å². The highest BCUT2D eigenvalue weighted by Crippen LogP contribution is 2.29. The van der Waals surface area contributed by atoms with Crippen LogP contribution in [0.2, 0.25) is 0 Å². The molecule has 7 heteroatoms. The van der Waals surface area contributed by atoms with E-state index < -0.39 is 17.8 Å². The molecule has 4 nitrogen and oxygen atoms in total. The number of ether oxygens (including phenoxy) is 1. The van der Waals surface area contributed by atoms with E-state index in [-0.39, 0.29) is 6.54 Å². The van der Waals surface area contributed by atoms with Gasteiger partial charge in [-0.05, 0) is 41.8 Å². The molecule has 2 aromatic carbocycles. The Kier molecular flexibility index (Phi) is 5.90. The van der Waals surface area contributed by atoms with E-state index >= 15 is 0 Å². The molecule has 2 rings (SSSR count). The topological polar surface area (TPSA) is 50.4 Å². The van der Waals surface area contributed by atoms with Gasteiger partial charge in [-0.3, -0.25) is 0 Å². The van der Waals surface area contributed by atoms with Crippen molar-refractivity contribution < 1.29 is 22.7 Å². The molecule has 0 fully saturated rings. The number of alkyl halides is 3. The first-order valence-corrected chi connectivity index (χ1v) is 7.61. The highest BCUT2D eigenvalue weighted by Gasteiger charge is 2.30. The third-order valence-corrected chi connectivity index (χ3v) is 3.62. The molecule has 0 aliphatic rings. The molecular formula is C18H19F3N2O2. The molecule has 0 saturated heterocycles. The van der Waals surface area contributed by atoms with Gasteiger partial charge in [0.15, 0.2) is 0 Å². The molecule has 0 bridgehead atoms. The molecular weight excluding hydrogens is 333 g/mol. The third-order valence-electron chi connectivity index (χ3n) is 3.62. The number of aryl methyl sites for hydroxylation is 1.